The van der Waals surface area contributed by atoms with Crippen LogP contribution in [0.5, 0.6) is 0 Å². The van der Waals surface area contributed by atoms with E-state index in [4.69, 9.17) is 15.2 Å². The fourth-order valence-corrected chi connectivity index (χ4v) is 2.68. The van der Waals surface area contributed by atoms with Crippen molar-refractivity contribution >= 4 is 5.97 Å². The van der Waals surface area contributed by atoms with Gasteiger partial charge in [-0.2, -0.15) is 0 Å². The van der Waals surface area contributed by atoms with E-state index in [2.05, 4.69) is 13.8 Å². The highest BCUT2D eigenvalue weighted by Crippen LogP contribution is 2.37. The maximum atomic E-state index is 12.2. The molecule has 2 unspecified atom stereocenters. The third kappa shape index (κ3) is 2.69. The maximum Gasteiger partial charge on any atom is 0.316 e. The van der Waals surface area contributed by atoms with Crippen LogP contribution in [0.4, 0.5) is 0 Å². The molecule has 0 aromatic carbocycles. The van der Waals surface area contributed by atoms with Gasteiger partial charge in [-0.15, -0.1) is 0 Å². The highest BCUT2D eigenvalue weighted by molar-refractivity contribution is 5.78. The van der Waals surface area contributed by atoms with Gasteiger partial charge in [0.15, 0.2) is 0 Å². The van der Waals surface area contributed by atoms with Crippen molar-refractivity contribution in [2.75, 3.05) is 13.2 Å². The summed E-state index contributed by atoms with van der Waals surface area (Å²) in [6.45, 7) is 7.22. The SMILES string of the molecule is CC1(C)CCC(OC(=O)C2(C)COCC2N)CC1. The van der Waals surface area contributed by atoms with E-state index < -0.39 is 5.41 Å². The first-order valence-electron chi connectivity index (χ1n) is 6.88. The first-order valence-corrected chi connectivity index (χ1v) is 6.88. The summed E-state index contributed by atoms with van der Waals surface area (Å²) in [6.07, 6.45) is 4.22. The predicted octanol–water partition coefficient (Wildman–Crippen LogP) is 1.86. The Labute approximate surface area is 109 Å². The van der Waals surface area contributed by atoms with Gasteiger partial charge < -0.3 is 15.2 Å². The van der Waals surface area contributed by atoms with E-state index in [-0.39, 0.29) is 18.1 Å². The molecule has 0 aromatic heterocycles. The number of rotatable bonds is 2. The third-order valence-electron chi connectivity index (χ3n) is 4.54. The second kappa shape index (κ2) is 4.82. The summed E-state index contributed by atoms with van der Waals surface area (Å²) in [5.41, 5.74) is 5.67. The average Bonchev–Trinajstić information content (AvgIpc) is 2.64. The van der Waals surface area contributed by atoms with Gasteiger partial charge in [0.05, 0.1) is 13.2 Å². The second-order valence-corrected chi connectivity index (χ2v) is 6.81. The predicted molar refractivity (Wildman–Crippen MR) is 69.0 cm³/mol. The zero-order chi connectivity index (χ0) is 13.4. The van der Waals surface area contributed by atoms with Crippen molar-refractivity contribution in [2.45, 2.75) is 58.6 Å². The van der Waals surface area contributed by atoms with Crippen molar-refractivity contribution in [3.05, 3.63) is 0 Å². The van der Waals surface area contributed by atoms with Gasteiger partial charge in [0.1, 0.15) is 11.5 Å². The number of hydrogen-bond acceptors (Lipinski definition) is 4. The third-order valence-corrected chi connectivity index (χ3v) is 4.54. The molecule has 2 fully saturated rings. The summed E-state index contributed by atoms with van der Waals surface area (Å²) in [5, 5.41) is 0. The Hall–Kier alpha value is -0.610. The van der Waals surface area contributed by atoms with E-state index >= 15 is 0 Å². The molecule has 4 heteroatoms. The molecule has 1 saturated heterocycles. The Morgan fingerprint density at radius 3 is 2.39 bits per heavy atom. The molecule has 0 spiro atoms. The lowest BCUT2D eigenvalue weighted by Crippen LogP contribution is -2.46. The van der Waals surface area contributed by atoms with Crippen LogP contribution in [-0.2, 0) is 14.3 Å². The van der Waals surface area contributed by atoms with Gasteiger partial charge in [0.2, 0.25) is 0 Å². The van der Waals surface area contributed by atoms with Crippen molar-refractivity contribution in [1.82, 2.24) is 0 Å². The zero-order valence-corrected chi connectivity index (χ0v) is 11.7. The lowest BCUT2D eigenvalue weighted by atomic mass is 9.76. The van der Waals surface area contributed by atoms with Crippen LogP contribution < -0.4 is 5.73 Å². The summed E-state index contributed by atoms with van der Waals surface area (Å²) in [7, 11) is 0. The molecule has 0 radical (unpaired) electrons. The summed E-state index contributed by atoms with van der Waals surface area (Å²) in [6, 6.07) is -0.245. The van der Waals surface area contributed by atoms with Crippen molar-refractivity contribution in [2.24, 2.45) is 16.6 Å². The van der Waals surface area contributed by atoms with Crippen LogP contribution in [-0.4, -0.2) is 31.3 Å². The van der Waals surface area contributed by atoms with Gasteiger partial charge in [0.25, 0.3) is 0 Å². The molecule has 4 nitrogen and oxygen atoms in total. The number of hydrogen-bond donors (Lipinski definition) is 1. The number of ether oxygens (including phenoxy) is 2. The molecule has 1 heterocycles. The van der Waals surface area contributed by atoms with Crippen molar-refractivity contribution in [3.63, 3.8) is 0 Å². The molecule has 2 N–H and O–H groups in total. The normalized spacial score (nSPS) is 36.6. The van der Waals surface area contributed by atoms with Crippen LogP contribution in [0.3, 0.4) is 0 Å². The molecule has 2 rings (SSSR count). The molecule has 2 atom stereocenters. The molecule has 0 bridgehead atoms. The average molecular weight is 255 g/mol. The molecule has 1 aliphatic carbocycles. The zero-order valence-electron chi connectivity index (χ0n) is 11.7. The first-order chi connectivity index (χ1) is 8.33. The van der Waals surface area contributed by atoms with Crippen molar-refractivity contribution < 1.29 is 14.3 Å². The van der Waals surface area contributed by atoms with Crippen LogP contribution in [0.2, 0.25) is 0 Å². The molecular formula is C14H25NO3. The van der Waals surface area contributed by atoms with Gasteiger partial charge in [-0.1, -0.05) is 13.8 Å². The number of carbonyl (C=O) groups excluding carboxylic acids is 1. The molecule has 1 aliphatic heterocycles. The van der Waals surface area contributed by atoms with Crippen molar-refractivity contribution in [1.29, 1.82) is 0 Å². The number of carbonyl (C=O) groups is 1. The molecule has 104 valence electrons. The van der Waals surface area contributed by atoms with Crippen LogP contribution in [0, 0.1) is 10.8 Å². The highest BCUT2D eigenvalue weighted by Gasteiger charge is 2.46. The quantitative estimate of drug-likeness (QED) is 0.765. The summed E-state index contributed by atoms with van der Waals surface area (Å²) in [5.74, 6) is -0.183. The highest BCUT2D eigenvalue weighted by atomic mass is 16.6. The van der Waals surface area contributed by atoms with E-state index in [0.29, 0.717) is 18.6 Å². The molecule has 18 heavy (non-hydrogen) atoms. The summed E-state index contributed by atoms with van der Waals surface area (Å²) in [4.78, 5) is 12.2. The largest absolute Gasteiger partial charge is 0.462 e. The van der Waals surface area contributed by atoms with E-state index in [9.17, 15) is 4.79 Å². The first kappa shape index (κ1) is 13.8. The number of nitrogens with two attached hydrogens (primary N) is 1. The van der Waals surface area contributed by atoms with E-state index in [0.717, 1.165) is 25.7 Å². The maximum absolute atomic E-state index is 12.2. The van der Waals surface area contributed by atoms with Crippen LogP contribution in [0.1, 0.15) is 46.5 Å². The molecule has 2 aliphatic rings. The van der Waals surface area contributed by atoms with E-state index in [1.165, 1.54) is 0 Å². The van der Waals surface area contributed by atoms with E-state index in [1.54, 1.807) is 0 Å². The minimum Gasteiger partial charge on any atom is -0.462 e. The minimum absolute atomic E-state index is 0.0650. The Kier molecular flexibility index (Phi) is 3.70. The fourth-order valence-electron chi connectivity index (χ4n) is 2.68. The molecule has 0 amide bonds. The summed E-state index contributed by atoms with van der Waals surface area (Å²) >= 11 is 0. The van der Waals surface area contributed by atoms with Gasteiger partial charge in [-0.3, -0.25) is 4.79 Å². The van der Waals surface area contributed by atoms with Crippen LogP contribution in [0.15, 0.2) is 0 Å². The monoisotopic (exact) mass is 255 g/mol. The van der Waals surface area contributed by atoms with Crippen LogP contribution >= 0.6 is 0 Å². The van der Waals surface area contributed by atoms with Crippen LogP contribution in [0.25, 0.3) is 0 Å². The fraction of sp³-hybridized carbons (Fsp3) is 0.929. The molecule has 1 saturated carbocycles. The van der Waals surface area contributed by atoms with E-state index in [1.807, 2.05) is 6.92 Å². The molecule has 0 aromatic rings. The van der Waals surface area contributed by atoms with Gasteiger partial charge in [-0.25, -0.2) is 0 Å². The van der Waals surface area contributed by atoms with Gasteiger partial charge >= 0.3 is 5.97 Å². The second-order valence-electron chi connectivity index (χ2n) is 6.81. The smallest absolute Gasteiger partial charge is 0.316 e. The minimum atomic E-state index is -0.660. The summed E-state index contributed by atoms with van der Waals surface area (Å²) < 4.78 is 10.9. The lowest BCUT2D eigenvalue weighted by Gasteiger charge is -2.35. The Bertz CT molecular complexity index is 319. The Morgan fingerprint density at radius 2 is 1.89 bits per heavy atom. The number of esters is 1. The van der Waals surface area contributed by atoms with Crippen molar-refractivity contribution in [3.8, 4) is 0 Å². The van der Waals surface area contributed by atoms with Gasteiger partial charge in [-0.05, 0) is 38.0 Å². The molecular weight excluding hydrogens is 230 g/mol. The lowest BCUT2D eigenvalue weighted by molar-refractivity contribution is -0.163. The van der Waals surface area contributed by atoms with Gasteiger partial charge in [0, 0.05) is 6.04 Å². The Morgan fingerprint density at radius 1 is 1.28 bits per heavy atom. The standard InChI is InChI=1S/C14H25NO3/c1-13(2)6-4-10(5-7-13)18-12(16)14(3)9-17-8-11(14)15/h10-11H,4-9,15H2,1-3H3. The Balaban J connectivity index is 1.89. The topological polar surface area (TPSA) is 61.5 Å².